The van der Waals surface area contributed by atoms with E-state index in [0.29, 0.717) is 11.3 Å². The highest BCUT2D eigenvalue weighted by molar-refractivity contribution is 7.99. The van der Waals surface area contributed by atoms with Crippen LogP contribution >= 0.6 is 11.8 Å². The van der Waals surface area contributed by atoms with Crippen LogP contribution < -0.4 is 10.0 Å². The summed E-state index contributed by atoms with van der Waals surface area (Å²) in [5.41, 5.74) is 1.55. The molecule has 0 unspecified atom stereocenters. The molecule has 6 nitrogen and oxygen atoms in total. The van der Waals surface area contributed by atoms with Gasteiger partial charge in [-0.3, -0.25) is 4.79 Å². The van der Waals surface area contributed by atoms with Crippen LogP contribution in [0, 0.1) is 0 Å². The third-order valence-electron chi connectivity index (χ3n) is 4.71. The minimum atomic E-state index is -3.69. The molecule has 0 saturated carbocycles. The van der Waals surface area contributed by atoms with Crippen molar-refractivity contribution in [2.75, 3.05) is 5.75 Å². The highest BCUT2D eigenvalue weighted by Gasteiger charge is 2.23. The van der Waals surface area contributed by atoms with E-state index >= 15 is 0 Å². The number of hydrogen-bond acceptors (Lipinski definition) is 5. The number of amides is 1. The predicted octanol–water partition coefficient (Wildman–Crippen LogP) is 3.73. The van der Waals surface area contributed by atoms with Crippen LogP contribution in [0.3, 0.4) is 0 Å². The second kappa shape index (κ2) is 8.44. The van der Waals surface area contributed by atoms with Crippen molar-refractivity contribution in [3.8, 4) is 0 Å². The molecule has 1 amide bonds. The Morgan fingerprint density at radius 2 is 1.86 bits per heavy atom. The highest BCUT2D eigenvalue weighted by Crippen LogP contribution is 2.35. The summed E-state index contributed by atoms with van der Waals surface area (Å²) in [5, 5.41) is 3.06. The normalized spacial score (nSPS) is 16.2. The lowest BCUT2D eigenvalue weighted by molar-refractivity contribution is 0.0935. The molecule has 4 rings (SSSR count). The van der Waals surface area contributed by atoms with E-state index in [1.807, 2.05) is 18.2 Å². The molecule has 29 heavy (non-hydrogen) atoms. The summed E-state index contributed by atoms with van der Waals surface area (Å²) in [7, 11) is -3.69. The van der Waals surface area contributed by atoms with Crippen LogP contribution in [-0.2, 0) is 16.6 Å². The minimum absolute atomic E-state index is 0.0432. The number of rotatable bonds is 6. The van der Waals surface area contributed by atoms with Crippen LogP contribution in [0.4, 0.5) is 0 Å². The third-order valence-corrected chi connectivity index (χ3v) is 7.25. The van der Waals surface area contributed by atoms with E-state index in [0.717, 1.165) is 17.7 Å². The van der Waals surface area contributed by atoms with E-state index in [1.54, 1.807) is 23.9 Å². The zero-order valence-corrected chi connectivity index (χ0v) is 17.1. The summed E-state index contributed by atoms with van der Waals surface area (Å²) in [6.45, 7) is 0.0661. The second-order valence-corrected chi connectivity index (χ2v) is 9.53. The molecule has 1 aromatic heterocycles. The lowest BCUT2D eigenvalue weighted by Crippen LogP contribution is -2.30. The molecule has 0 saturated heterocycles. The maximum absolute atomic E-state index is 12.7. The van der Waals surface area contributed by atoms with Gasteiger partial charge in [0.2, 0.25) is 10.0 Å². The third kappa shape index (κ3) is 4.55. The van der Waals surface area contributed by atoms with Gasteiger partial charge in [0, 0.05) is 16.2 Å². The molecule has 1 aliphatic heterocycles. The van der Waals surface area contributed by atoms with E-state index < -0.39 is 10.0 Å². The Hall–Kier alpha value is -2.55. The zero-order valence-electron chi connectivity index (χ0n) is 15.5. The van der Waals surface area contributed by atoms with Crippen LogP contribution in [0.25, 0.3) is 0 Å². The molecule has 2 aromatic carbocycles. The molecule has 3 aromatic rings. The summed E-state index contributed by atoms with van der Waals surface area (Å²) < 4.78 is 32.4. The van der Waals surface area contributed by atoms with Gasteiger partial charge in [-0.25, -0.2) is 13.1 Å². The van der Waals surface area contributed by atoms with E-state index in [2.05, 4.69) is 16.1 Å². The molecule has 2 N–H and O–H groups in total. The summed E-state index contributed by atoms with van der Waals surface area (Å²) in [4.78, 5) is 14.0. The van der Waals surface area contributed by atoms with Crippen molar-refractivity contribution in [2.45, 2.75) is 28.8 Å². The average Bonchev–Trinajstić information content (AvgIpc) is 3.26. The van der Waals surface area contributed by atoms with E-state index in [1.165, 1.54) is 35.4 Å². The first-order valence-electron chi connectivity index (χ1n) is 9.18. The molecule has 1 aliphatic rings. The van der Waals surface area contributed by atoms with E-state index in [-0.39, 0.29) is 23.4 Å². The van der Waals surface area contributed by atoms with Crippen molar-refractivity contribution < 1.29 is 17.6 Å². The lowest BCUT2D eigenvalue weighted by Gasteiger charge is -2.25. The Kier molecular flexibility index (Phi) is 5.75. The summed E-state index contributed by atoms with van der Waals surface area (Å²) >= 11 is 1.79. The fourth-order valence-corrected chi connectivity index (χ4v) is 5.30. The fourth-order valence-electron chi connectivity index (χ4n) is 3.18. The van der Waals surface area contributed by atoms with Crippen molar-refractivity contribution in [1.82, 2.24) is 10.0 Å². The predicted molar refractivity (Wildman–Crippen MR) is 111 cm³/mol. The van der Waals surface area contributed by atoms with Gasteiger partial charge in [-0.1, -0.05) is 18.2 Å². The number of nitrogens with one attached hydrogen (secondary N) is 2. The van der Waals surface area contributed by atoms with Crippen molar-refractivity contribution in [1.29, 1.82) is 0 Å². The van der Waals surface area contributed by atoms with Gasteiger partial charge in [0.25, 0.3) is 5.91 Å². The molecule has 0 radical (unpaired) electrons. The Labute approximate surface area is 173 Å². The molecular weight excluding hydrogens is 408 g/mol. The van der Waals surface area contributed by atoms with Gasteiger partial charge < -0.3 is 9.73 Å². The number of benzene rings is 2. The monoisotopic (exact) mass is 428 g/mol. The minimum Gasteiger partial charge on any atom is -0.468 e. The van der Waals surface area contributed by atoms with E-state index in [9.17, 15) is 13.2 Å². The van der Waals surface area contributed by atoms with Gasteiger partial charge in [0.1, 0.15) is 5.76 Å². The number of fused-ring (bicyclic) bond motifs is 1. The number of carbonyl (C=O) groups is 1. The second-order valence-electron chi connectivity index (χ2n) is 6.63. The topological polar surface area (TPSA) is 88.4 Å². The van der Waals surface area contributed by atoms with Crippen molar-refractivity contribution >= 4 is 27.7 Å². The number of sulfonamides is 1. The van der Waals surface area contributed by atoms with Gasteiger partial charge in [0.05, 0.1) is 23.7 Å². The lowest BCUT2D eigenvalue weighted by atomic mass is 10.0. The van der Waals surface area contributed by atoms with Crippen LogP contribution in [0.2, 0.25) is 0 Å². The quantitative estimate of drug-likeness (QED) is 0.625. The van der Waals surface area contributed by atoms with Crippen LogP contribution in [0.5, 0.6) is 0 Å². The Morgan fingerprint density at radius 3 is 2.62 bits per heavy atom. The molecule has 2 heterocycles. The largest absolute Gasteiger partial charge is 0.468 e. The van der Waals surface area contributed by atoms with E-state index in [4.69, 9.17) is 4.42 Å². The number of thioether (sulfide) groups is 1. The Morgan fingerprint density at radius 1 is 1.07 bits per heavy atom. The molecular formula is C21H20N2O4S2. The maximum Gasteiger partial charge on any atom is 0.251 e. The first-order valence-corrected chi connectivity index (χ1v) is 11.6. The molecule has 1 atom stereocenters. The number of carbonyl (C=O) groups excluding carboxylic acids is 1. The van der Waals surface area contributed by atoms with Gasteiger partial charge in [-0.2, -0.15) is 0 Å². The van der Waals surface area contributed by atoms with Crippen molar-refractivity contribution in [3.05, 3.63) is 83.8 Å². The van der Waals surface area contributed by atoms with Gasteiger partial charge in [-0.15, -0.1) is 11.8 Å². The first kappa shape index (κ1) is 19.8. The smallest absolute Gasteiger partial charge is 0.251 e. The van der Waals surface area contributed by atoms with Gasteiger partial charge in [-0.05, 0) is 54.4 Å². The Balaban J connectivity index is 1.43. The molecule has 0 bridgehead atoms. The molecule has 0 spiro atoms. The fraction of sp³-hybridized carbons (Fsp3) is 0.190. The number of furan rings is 1. The molecule has 8 heteroatoms. The average molecular weight is 429 g/mol. The maximum atomic E-state index is 12.7. The number of hydrogen-bond donors (Lipinski definition) is 2. The Bertz CT molecular complexity index is 1090. The van der Waals surface area contributed by atoms with Crippen molar-refractivity contribution in [3.63, 3.8) is 0 Å². The van der Waals surface area contributed by atoms with Crippen molar-refractivity contribution in [2.24, 2.45) is 0 Å². The molecule has 0 aliphatic carbocycles. The molecule has 150 valence electrons. The van der Waals surface area contributed by atoms with Crippen LogP contribution in [-0.4, -0.2) is 20.1 Å². The highest BCUT2D eigenvalue weighted by atomic mass is 32.2. The van der Waals surface area contributed by atoms with Crippen LogP contribution in [0.15, 0.2) is 81.1 Å². The zero-order chi connectivity index (χ0) is 20.3. The standard InChI is InChI=1S/C21H20N2O4S2/c24-21(23-19-11-13-28-20-6-2-1-5-18(19)20)15-7-9-17(10-8-15)29(25,26)22-14-16-4-3-12-27-16/h1-10,12,19,22H,11,13-14H2,(H,23,24)/t19-/m0/s1. The van der Waals surface area contributed by atoms with Gasteiger partial charge >= 0.3 is 0 Å². The van der Waals surface area contributed by atoms with Gasteiger partial charge in [0.15, 0.2) is 0 Å². The first-order chi connectivity index (χ1) is 14.0. The summed E-state index contributed by atoms with van der Waals surface area (Å²) in [5.74, 6) is 1.25. The SMILES string of the molecule is O=C(N[C@H]1CCSc2ccccc21)c1ccc(S(=O)(=O)NCc2ccco2)cc1. The molecule has 0 fully saturated rings. The summed E-state index contributed by atoms with van der Waals surface area (Å²) in [6, 6.07) is 17.3. The summed E-state index contributed by atoms with van der Waals surface area (Å²) in [6.07, 6.45) is 2.34. The van der Waals surface area contributed by atoms with Crippen LogP contribution in [0.1, 0.15) is 34.1 Å².